The summed E-state index contributed by atoms with van der Waals surface area (Å²) in [5.74, 6) is 1.85. The second-order valence-electron chi connectivity index (χ2n) is 5.07. The van der Waals surface area contributed by atoms with Crippen LogP contribution in [0.4, 0.5) is 0 Å². The summed E-state index contributed by atoms with van der Waals surface area (Å²) in [5, 5.41) is 3.46. The molecule has 1 saturated heterocycles. The Morgan fingerprint density at radius 2 is 2.21 bits per heavy atom. The number of nitrogens with one attached hydrogen (secondary N) is 1. The number of hydrogen-bond acceptors (Lipinski definition) is 2. The quantitative estimate of drug-likeness (QED) is 0.332. The van der Waals surface area contributed by atoms with Crippen LogP contribution in [0.2, 0.25) is 0 Å². The van der Waals surface area contributed by atoms with E-state index in [1.165, 1.54) is 12.8 Å². The van der Waals surface area contributed by atoms with Crippen LogP contribution in [0.25, 0.3) is 0 Å². The number of rotatable bonds is 6. The Morgan fingerprint density at radius 3 is 2.84 bits per heavy atom. The Labute approximate surface area is 135 Å². The number of ether oxygens (including phenoxy) is 1. The third kappa shape index (κ3) is 7.97. The molecule has 1 fully saturated rings. The molecule has 1 aliphatic heterocycles. The lowest BCUT2D eigenvalue weighted by molar-refractivity contribution is 0.143. The third-order valence-electron chi connectivity index (χ3n) is 3.37. The molecule has 0 bridgehead atoms. The number of likely N-dealkylation sites (tertiary alicyclic amines) is 1. The monoisotopic (exact) mass is 383 g/mol. The maximum Gasteiger partial charge on any atom is 0.193 e. The molecule has 0 radical (unpaired) electrons. The van der Waals surface area contributed by atoms with E-state index in [9.17, 15) is 0 Å². The minimum Gasteiger partial charge on any atom is -0.382 e. The molecule has 0 aromatic heterocycles. The van der Waals surface area contributed by atoms with Gasteiger partial charge in [0.2, 0.25) is 0 Å². The maximum atomic E-state index is 5.33. The molecule has 1 rings (SSSR count). The van der Waals surface area contributed by atoms with Gasteiger partial charge in [-0.05, 0) is 38.5 Å². The number of nitrogens with zero attached hydrogens (tertiary/aromatic N) is 2. The van der Waals surface area contributed by atoms with Crippen molar-refractivity contribution in [1.29, 1.82) is 0 Å². The molecule has 0 spiro atoms. The SMILES string of the molecule is CCOCCCCNC(=NC)N1CCCC(C)C1.I. The Hall–Kier alpha value is -0.0400. The molecule has 1 N–H and O–H groups in total. The minimum absolute atomic E-state index is 0. The van der Waals surface area contributed by atoms with Gasteiger partial charge >= 0.3 is 0 Å². The topological polar surface area (TPSA) is 36.9 Å². The highest BCUT2D eigenvalue weighted by molar-refractivity contribution is 14.0. The van der Waals surface area contributed by atoms with Crippen LogP contribution in [0.15, 0.2) is 4.99 Å². The zero-order valence-electron chi connectivity index (χ0n) is 12.7. The molecule has 1 aliphatic rings. The van der Waals surface area contributed by atoms with Gasteiger partial charge in [0, 0.05) is 39.9 Å². The molecule has 0 aromatic carbocycles. The van der Waals surface area contributed by atoms with E-state index in [1.54, 1.807) is 0 Å². The van der Waals surface area contributed by atoms with Gasteiger partial charge < -0.3 is 15.0 Å². The summed E-state index contributed by atoms with van der Waals surface area (Å²) in [4.78, 5) is 6.77. The van der Waals surface area contributed by atoms with E-state index in [0.29, 0.717) is 0 Å². The predicted octanol–water partition coefficient (Wildman–Crippen LogP) is 2.73. The van der Waals surface area contributed by atoms with Crippen LogP contribution in [0, 0.1) is 5.92 Å². The van der Waals surface area contributed by atoms with Crippen LogP contribution < -0.4 is 5.32 Å². The summed E-state index contributed by atoms with van der Waals surface area (Å²) in [6.45, 7) is 9.32. The fourth-order valence-corrected chi connectivity index (χ4v) is 2.39. The highest BCUT2D eigenvalue weighted by atomic mass is 127. The first-order valence-electron chi connectivity index (χ1n) is 7.31. The molecule has 1 unspecified atom stereocenters. The number of unbranched alkanes of at least 4 members (excludes halogenated alkanes) is 1. The fourth-order valence-electron chi connectivity index (χ4n) is 2.39. The molecule has 0 saturated carbocycles. The third-order valence-corrected chi connectivity index (χ3v) is 3.37. The zero-order valence-corrected chi connectivity index (χ0v) is 15.0. The smallest absolute Gasteiger partial charge is 0.193 e. The second-order valence-corrected chi connectivity index (χ2v) is 5.07. The lowest BCUT2D eigenvalue weighted by Gasteiger charge is -2.33. The van der Waals surface area contributed by atoms with Gasteiger partial charge in [-0.1, -0.05) is 6.92 Å². The Kier molecular flexibility index (Phi) is 11.7. The van der Waals surface area contributed by atoms with Crippen molar-refractivity contribution in [3.63, 3.8) is 0 Å². The van der Waals surface area contributed by atoms with E-state index in [2.05, 4.69) is 22.1 Å². The summed E-state index contributed by atoms with van der Waals surface area (Å²) < 4.78 is 5.33. The molecular weight excluding hydrogens is 353 g/mol. The van der Waals surface area contributed by atoms with Crippen molar-refractivity contribution >= 4 is 29.9 Å². The summed E-state index contributed by atoms with van der Waals surface area (Å²) >= 11 is 0. The second kappa shape index (κ2) is 11.8. The molecule has 114 valence electrons. The van der Waals surface area contributed by atoms with Crippen LogP contribution in [0.3, 0.4) is 0 Å². The van der Waals surface area contributed by atoms with Crippen LogP contribution in [-0.4, -0.2) is 50.8 Å². The van der Waals surface area contributed by atoms with E-state index in [-0.39, 0.29) is 24.0 Å². The predicted molar refractivity (Wildman–Crippen MR) is 92.5 cm³/mol. The van der Waals surface area contributed by atoms with E-state index in [1.807, 2.05) is 14.0 Å². The maximum absolute atomic E-state index is 5.33. The molecule has 19 heavy (non-hydrogen) atoms. The van der Waals surface area contributed by atoms with Gasteiger partial charge in [-0.3, -0.25) is 4.99 Å². The molecule has 0 amide bonds. The molecular formula is C14H30IN3O. The molecule has 0 aromatic rings. The van der Waals surface area contributed by atoms with Gasteiger partial charge in [0.15, 0.2) is 5.96 Å². The Bertz CT molecular complexity index is 249. The summed E-state index contributed by atoms with van der Waals surface area (Å²) in [6, 6.07) is 0. The minimum atomic E-state index is 0. The number of hydrogen-bond donors (Lipinski definition) is 1. The molecule has 4 nitrogen and oxygen atoms in total. The van der Waals surface area contributed by atoms with Crippen LogP contribution in [0.5, 0.6) is 0 Å². The van der Waals surface area contributed by atoms with Crippen molar-refractivity contribution in [3.8, 4) is 0 Å². The van der Waals surface area contributed by atoms with E-state index in [0.717, 1.165) is 57.6 Å². The average Bonchev–Trinajstić information content (AvgIpc) is 2.38. The van der Waals surface area contributed by atoms with Crippen molar-refractivity contribution in [3.05, 3.63) is 0 Å². The van der Waals surface area contributed by atoms with Gasteiger partial charge in [-0.25, -0.2) is 0 Å². The lowest BCUT2D eigenvalue weighted by Crippen LogP contribution is -2.46. The van der Waals surface area contributed by atoms with E-state index in [4.69, 9.17) is 4.74 Å². The highest BCUT2D eigenvalue weighted by Crippen LogP contribution is 2.15. The van der Waals surface area contributed by atoms with Gasteiger partial charge in [0.05, 0.1) is 0 Å². The molecule has 0 aliphatic carbocycles. The number of aliphatic imine (C=N–C) groups is 1. The van der Waals surface area contributed by atoms with Crippen LogP contribution >= 0.6 is 24.0 Å². The zero-order chi connectivity index (χ0) is 13.2. The molecule has 5 heteroatoms. The van der Waals surface area contributed by atoms with Gasteiger partial charge in [0.1, 0.15) is 0 Å². The largest absolute Gasteiger partial charge is 0.382 e. The first-order chi connectivity index (χ1) is 8.77. The first-order valence-corrected chi connectivity index (χ1v) is 7.31. The number of guanidine groups is 1. The summed E-state index contributed by atoms with van der Waals surface area (Å²) in [7, 11) is 1.88. The van der Waals surface area contributed by atoms with E-state index >= 15 is 0 Å². The molecule has 1 heterocycles. The van der Waals surface area contributed by atoms with Crippen molar-refractivity contribution in [2.45, 2.75) is 39.5 Å². The van der Waals surface area contributed by atoms with Crippen molar-refractivity contribution in [1.82, 2.24) is 10.2 Å². The van der Waals surface area contributed by atoms with Crippen LogP contribution in [0.1, 0.15) is 39.5 Å². The van der Waals surface area contributed by atoms with Crippen molar-refractivity contribution in [2.24, 2.45) is 10.9 Å². The van der Waals surface area contributed by atoms with Crippen molar-refractivity contribution in [2.75, 3.05) is 39.9 Å². The average molecular weight is 383 g/mol. The standard InChI is InChI=1S/C14H29N3O.HI/c1-4-18-11-6-5-9-16-14(15-3)17-10-7-8-13(2)12-17;/h13H,4-12H2,1-3H3,(H,15,16);1H. The van der Waals surface area contributed by atoms with Gasteiger partial charge in [-0.15, -0.1) is 24.0 Å². The summed E-state index contributed by atoms with van der Waals surface area (Å²) in [5.41, 5.74) is 0. The highest BCUT2D eigenvalue weighted by Gasteiger charge is 2.18. The van der Waals surface area contributed by atoms with Gasteiger partial charge in [-0.2, -0.15) is 0 Å². The first kappa shape index (κ1) is 19.0. The van der Waals surface area contributed by atoms with E-state index < -0.39 is 0 Å². The van der Waals surface area contributed by atoms with Crippen LogP contribution in [-0.2, 0) is 4.74 Å². The Morgan fingerprint density at radius 1 is 1.42 bits per heavy atom. The number of halogens is 1. The molecule has 1 atom stereocenters. The lowest BCUT2D eigenvalue weighted by atomic mass is 10.0. The normalized spacial score (nSPS) is 20.1. The van der Waals surface area contributed by atoms with Gasteiger partial charge in [0.25, 0.3) is 0 Å². The Balaban J connectivity index is 0.00000324. The number of piperidine rings is 1. The van der Waals surface area contributed by atoms with Crippen molar-refractivity contribution < 1.29 is 4.74 Å². The summed E-state index contributed by atoms with van der Waals surface area (Å²) in [6.07, 6.45) is 4.89. The fraction of sp³-hybridized carbons (Fsp3) is 0.929.